The van der Waals surface area contributed by atoms with Gasteiger partial charge in [-0.05, 0) is 73.0 Å². The highest BCUT2D eigenvalue weighted by Gasteiger charge is 2.22. The molecule has 1 aliphatic heterocycles. The molecule has 236 valence electrons. The number of hydrogen-bond donors (Lipinski definition) is 3. The molecule has 3 N–H and O–H groups in total. The van der Waals surface area contributed by atoms with Crippen LogP contribution in [-0.2, 0) is 21.4 Å². The van der Waals surface area contributed by atoms with E-state index in [1.165, 1.54) is 6.07 Å². The maximum Gasteiger partial charge on any atom is 0.341 e. The number of rotatable bonds is 12. The van der Waals surface area contributed by atoms with Gasteiger partial charge in [-0.2, -0.15) is 0 Å². The van der Waals surface area contributed by atoms with Crippen LogP contribution in [0.1, 0.15) is 41.4 Å². The fraction of sp³-hybridized carbons (Fsp3) is 0.265. The predicted molar refractivity (Wildman–Crippen MR) is 170 cm³/mol. The van der Waals surface area contributed by atoms with Gasteiger partial charge in [-0.3, -0.25) is 4.72 Å². The van der Waals surface area contributed by atoms with Crippen molar-refractivity contribution in [1.29, 1.82) is 0 Å². The predicted octanol–water partition coefficient (Wildman–Crippen LogP) is 5.32. The van der Waals surface area contributed by atoms with Gasteiger partial charge in [-0.15, -0.1) is 0 Å². The molecule has 0 saturated carbocycles. The Morgan fingerprint density at radius 1 is 0.956 bits per heavy atom. The molecule has 0 spiro atoms. The average Bonchev–Trinajstić information content (AvgIpc) is 3.04. The Morgan fingerprint density at radius 3 is 2.53 bits per heavy atom. The molecule has 0 radical (unpaired) electrons. The minimum Gasteiger partial charge on any atom is -0.493 e. The molecule has 1 atom stereocenters. The van der Waals surface area contributed by atoms with Crippen LogP contribution < -0.4 is 24.2 Å². The number of carbonyl (C=O) groups excluding carboxylic acids is 1. The number of benzene rings is 4. The second-order valence-electron chi connectivity index (χ2n) is 10.2. The summed E-state index contributed by atoms with van der Waals surface area (Å²) in [5.74, 6) is 1.22. The summed E-state index contributed by atoms with van der Waals surface area (Å²) < 4.78 is 51.1. The SMILES string of the molecule is CCOC(=O)c1ccc(-c2ccc(OCCNCC(O)c3ccc4cc3NS(=O)(=O)c3cccc(c3)CO4)cc2)cc1OCC. The standard InChI is InChI=1S/C34H36N2O8S/c1-3-41-33-19-25(10-14-30(33)34(38)42-4-2)24-8-11-26(12-9-24)43-17-16-35-21-32(37)29-15-13-27-20-31(29)36-45(39,40)28-7-5-6-23(18-28)22-44-27/h5-15,18-20,32,35-37H,3-4,16-17,21-22H2,1-2H3. The van der Waals surface area contributed by atoms with Crippen molar-refractivity contribution in [3.05, 3.63) is 102 Å². The van der Waals surface area contributed by atoms with Crippen molar-refractivity contribution in [3.63, 3.8) is 0 Å². The summed E-state index contributed by atoms with van der Waals surface area (Å²) in [5.41, 5.74) is 3.64. The zero-order chi connectivity index (χ0) is 31.8. The molecule has 10 nitrogen and oxygen atoms in total. The molecule has 0 fully saturated rings. The summed E-state index contributed by atoms with van der Waals surface area (Å²) in [6.07, 6.45) is -0.984. The molecule has 0 saturated heterocycles. The molecule has 4 bridgehead atoms. The lowest BCUT2D eigenvalue weighted by Gasteiger charge is -2.20. The normalized spacial score (nSPS) is 13.9. The van der Waals surface area contributed by atoms with Gasteiger partial charge in [0.1, 0.15) is 36.0 Å². The molecule has 0 aliphatic carbocycles. The fourth-order valence-electron chi connectivity index (χ4n) is 4.86. The van der Waals surface area contributed by atoms with E-state index < -0.39 is 22.1 Å². The number of hydrogen-bond acceptors (Lipinski definition) is 9. The van der Waals surface area contributed by atoms with Crippen LogP contribution in [-0.4, -0.2) is 52.4 Å². The molecule has 4 aromatic rings. The summed E-state index contributed by atoms with van der Waals surface area (Å²) in [4.78, 5) is 12.4. The van der Waals surface area contributed by atoms with Crippen LogP contribution in [0.2, 0.25) is 0 Å². The molecule has 5 rings (SSSR count). The number of aliphatic hydroxyl groups excluding tert-OH is 1. The van der Waals surface area contributed by atoms with Crippen molar-refractivity contribution in [1.82, 2.24) is 5.32 Å². The van der Waals surface area contributed by atoms with Crippen LogP contribution in [0.5, 0.6) is 17.2 Å². The molecule has 0 aromatic heterocycles. The zero-order valence-corrected chi connectivity index (χ0v) is 25.9. The molecular weight excluding hydrogens is 596 g/mol. The van der Waals surface area contributed by atoms with E-state index in [1.54, 1.807) is 49.4 Å². The first-order valence-electron chi connectivity index (χ1n) is 14.7. The van der Waals surface area contributed by atoms with Crippen molar-refractivity contribution in [2.24, 2.45) is 0 Å². The van der Waals surface area contributed by atoms with Crippen molar-refractivity contribution >= 4 is 21.7 Å². The molecule has 1 aliphatic rings. The highest BCUT2D eigenvalue weighted by molar-refractivity contribution is 7.92. The lowest BCUT2D eigenvalue weighted by molar-refractivity contribution is 0.0522. The van der Waals surface area contributed by atoms with Crippen LogP contribution in [0, 0.1) is 0 Å². The van der Waals surface area contributed by atoms with Crippen molar-refractivity contribution in [2.45, 2.75) is 31.5 Å². The summed E-state index contributed by atoms with van der Waals surface area (Å²) in [6.45, 7) is 5.52. The first kappa shape index (κ1) is 31.8. The third-order valence-corrected chi connectivity index (χ3v) is 8.46. The zero-order valence-electron chi connectivity index (χ0n) is 25.1. The fourth-order valence-corrected chi connectivity index (χ4v) is 6.01. The number of anilines is 1. The van der Waals surface area contributed by atoms with Gasteiger partial charge in [0, 0.05) is 24.7 Å². The Balaban J connectivity index is 1.15. The molecule has 4 aromatic carbocycles. The number of esters is 1. The maximum absolute atomic E-state index is 13.0. The van der Waals surface area contributed by atoms with Gasteiger partial charge in [0.2, 0.25) is 0 Å². The van der Waals surface area contributed by atoms with Gasteiger partial charge in [0.05, 0.1) is 29.9 Å². The Hall–Kier alpha value is -4.58. The number of nitrogens with one attached hydrogen (secondary N) is 2. The topological polar surface area (TPSA) is 132 Å². The Bertz CT molecular complexity index is 1740. The van der Waals surface area contributed by atoms with Crippen LogP contribution in [0.25, 0.3) is 11.1 Å². The Morgan fingerprint density at radius 2 is 1.76 bits per heavy atom. The number of sulfonamides is 1. The lowest BCUT2D eigenvalue weighted by Crippen LogP contribution is -2.27. The van der Waals surface area contributed by atoms with Gasteiger partial charge in [0.15, 0.2) is 0 Å². The highest BCUT2D eigenvalue weighted by atomic mass is 32.2. The van der Waals surface area contributed by atoms with E-state index in [0.717, 1.165) is 16.7 Å². The minimum absolute atomic E-state index is 0.127. The highest BCUT2D eigenvalue weighted by Crippen LogP contribution is 2.32. The van der Waals surface area contributed by atoms with Crippen LogP contribution in [0.3, 0.4) is 0 Å². The molecular formula is C34H36N2O8S. The quantitative estimate of drug-likeness (QED) is 0.140. The Kier molecular flexibility index (Phi) is 10.2. The molecule has 45 heavy (non-hydrogen) atoms. The van der Waals surface area contributed by atoms with Gasteiger partial charge >= 0.3 is 5.97 Å². The lowest BCUT2D eigenvalue weighted by atomic mass is 10.0. The average molecular weight is 633 g/mol. The van der Waals surface area contributed by atoms with Gasteiger partial charge in [-0.25, -0.2) is 13.2 Å². The Labute approximate surface area is 263 Å². The van der Waals surface area contributed by atoms with Crippen molar-refractivity contribution < 1.29 is 37.3 Å². The minimum atomic E-state index is -3.85. The summed E-state index contributed by atoms with van der Waals surface area (Å²) >= 11 is 0. The van der Waals surface area contributed by atoms with Gasteiger partial charge in [0.25, 0.3) is 10.0 Å². The van der Waals surface area contributed by atoms with E-state index in [0.29, 0.717) is 48.1 Å². The van der Waals surface area contributed by atoms with E-state index >= 15 is 0 Å². The third kappa shape index (κ3) is 7.93. The second-order valence-corrected chi connectivity index (χ2v) is 11.9. The molecule has 0 amide bonds. The first-order chi connectivity index (χ1) is 21.8. The second kappa shape index (κ2) is 14.5. The first-order valence-corrected chi connectivity index (χ1v) is 16.2. The summed E-state index contributed by atoms with van der Waals surface area (Å²) in [7, 11) is -3.85. The van der Waals surface area contributed by atoms with E-state index in [-0.39, 0.29) is 30.3 Å². The third-order valence-electron chi connectivity index (χ3n) is 7.09. The van der Waals surface area contributed by atoms with E-state index in [4.69, 9.17) is 18.9 Å². The van der Waals surface area contributed by atoms with Crippen molar-refractivity contribution in [3.8, 4) is 28.4 Å². The van der Waals surface area contributed by atoms with Gasteiger partial charge in [-0.1, -0.05) is 36.4 Å². The monoisotopic (exact) mass is 632 g/mol. The smallest absolute Gasteiger partial charge is 0.341 e. The number of ether oxygens (including phenoxy) is 4. The molecule has 11 heteroatoms. The van der Waals surface area contributed by atoms with Crippen LogP contribution in [0.4, 0.5) is 5.69 Å². The number of fused-ring (bicyclic) bond motifs is 4. The van der Waals surface area contributed by atoms with Gasteiger partial charge < -0.3 is 29.4 Å². The van der Waals surface area contributed by atoms with Crippen molar-refractivity contribution in [2.75, 3.05) is 37.6 Å². The summed E-state index contributed by atoms with van der Waals surface area (Å²) in [6, 6.07) is 24.5. The van der Waals surface area contributed by atoms with Crippen LogP contribution >= 0.6 is 0 Å². The van der Waals surface area contributed by atoms with Crippen LogP contribution in [0.15, 0.2) is 89.8 Å². The molecule has 1 heterocycles. The molecule has 1 unspecified atom stereocenters. The number of carbonyl (C=O) groups is 1. The maximum atomic E-state index is 13.0. The largest absolute Gasteiger partial charge is 0.493 e. The number of aliphatic hydroxyl groups is 1. The van der Waals surface area contributed by atoms with E-state index in [2.05, 4.69) is 10.0 Å². The summed E-state index contributed by atoms with van der Waals surface area (Å²) in [5, 5.41) is 14.1. The van der Waals surface area contributed by atoms with E-state index in [1.807, 2.05) is 43.3 Å². The van der Waals surface area contributed by atoms with E-state index in [9.17, 15) is 18.3 Å².